The molecular formula is C14H11F2NO3S. The number of hydrogen-bond acceptors (Lipinski definition) is 4. The molecule has 1 aliphatic rings. The van der Waals surface area contributed by atoms with E-state index in [9.17, 15) is 18.4 Å². The molecule has 0 bridgehead atoms. The lowest BCUT2D eigenvalue weighted by molar-refractivity contribution is 0.0524. The number of rotatable bonds is 2. The molecule has 0 unspecified atom stereocenters. The number of aryl methyl sites for hydroxylation is 1. The number of aromatic nitrogens is 1. The predicted molar refractivity (Wildman–Crippen MR) is 74.8 cm³/mol. The van der Waals surface area contributed by atoms with Crippen molar-refractivity contribution in [2.24, 2.45) is 0 Å². The van der Waals surface area contributed by atoms with Gasteiger partial charge in [0.25, 0.3) is 0 Å². The molecule has 7 heteroatoms. The molecule has 4 nitrogen and oxygen atoms in total. The van der Waals surface area contributed by atoms with Crippen LogP contribution in [0.4, 0.5) is 8.78 Å². The van der Waals surface area contributed by atoms with Gasteiger partial charge in [-0.15, -0.1) is 11.8 Å². The molecule has 3 rings (SSSR count). The summed E-state index contributed by atoms with van der Waals surface area (Å²) in [4.78, 5) is 24.3. The highest BCUT2D eigenvalue weighted by molar-refractivity contribution is 7.99. The van der Waals surface area contributed by atoms with Crippen LogP contribution in [0.15, 0.2) is 22.0 Å². The Morgan fingerprint density at radius 3 is 2.95 bits per heavy atom. The highest BCUT2D eigenvalue weighted by Gasteiger charge is 2.24. The van der Waals surface area contributed by atoms with E-state index < -0.39 is 23.0 Å². The second-order valence-corrected chi connectivity index (χ2v) is 5.64. The summed E-state index contributed by atoms with van der Waals surface area (Å²) < 4.78 is 34.0. The van der Waals surface area contributed by atoms with Crippen LogP contribution in [-0.2, 0) is 11.3 Å². The lowest BCUT2D eigenvalue weighted by Gasteiger charge is -2.20. The van der Waals surface area contributed by atoms with E-state index in [0.717, 1.165) is 17.8 Å². The smallest absolute Gasteiger partial charge is 0.343 e. The molecule has 0 aliphatic carbocycles. The van der Waals surface area contributed by atoms with Crippen molar-refractivity contribution in [1.82, 2.24) is 4.57 Å². The molecule has 0 saturated carbocycles. The van der Waals surface area contributed by atoms with Gasteiger partial charge in [0.2, 0.25) is 5.43 Å². The van der Waals surface area contributed by atoms with Crippen LogP contribution in [0, 0.1) is 11.6 Å². The quantitative estimate of drug-likeness (QED) is 0.800. The van der Waals surface area contributed by atoms with Crippen LogP contribution in [0.1, 0.15) is 17.3 Å². The summed E-state index contributed by atoms with van der Waals surface area (Å²) in [5.41, 5.74) is -0.459. The van der Waals surface area contributed by atoms with Gasteiger partial charge in [-0.25, -0.2) is 13.6 Å². The number of carbonyl (C=O) groups excluding carboxylic acids is 1. The van der Waals surface area contributed by atoms with Crippen molar-refractivity contribution in [1.29, 1.82) is 0 Å². The Labute approximate surface area is 122 Å². The molecule has 2 aromatic rings. The van der Waals surface area contributed by atoms with E-state index in [2.05, 4.69) is 0 Å². The maximum absolute atomic E-state index is 13.9. The number of nitrogens with zero attached hydrogens (tertiary/aromatic N) is 1. The number of ether oxygens (including phenoxy) is 1. The topological polar surface area (TPSA) is 48.3 Å². The number of thioether (sulfide) groups is 1. The molecule has 0 amide bonds. The van der Waals surface area contributed by atoms with Gasteiger partial charge in [0, 0.05) is 18.5 Å². The first-order valence-corrected chi connectivity index (χ1v) is 7.38. The van der Waals surface area contributed by atoms with Gasteiger partial charge in [-0.2, -0.15) is 0 Å². The van der Waals surface area contributed by atoms with Crippen molar-refractivity contribution >= 4 is 28.6 Å². The number of esters is 1. The molecule has 0 fully saturated rings. The fourth-order valence-corrected chi connectivity index (χ4v) is 3.46. The van der Waals surface area contributed by atoms with Crippen molar-refractivity contribution in [3.05, 3.63) is 39.7 Å². The summed E-state index contributed by atoms with van der Waals surface area (Å²) in [6.45, 7) is 2.27. The Morgan fingerprint density at radius 2 is 2.24 bits per heavy atom. The molecule has 0 radical (unpaired) electrons. The van der Waals surface area contributed by atoms with Gasteiger partial charge < -0.3 is 9.30 Å². The standard InChI is InChI=1S/C14H11F2NO3S/c1-2-20-14(19)8-6-17-3-4-21-13-10(16)9(15)5-7(11(13)17)12(8)18/h5-6H,2-4H2,1H3. The fourth-order valence-electron chi connectivity index (χ4n) is 2.38. The predicted octanol–water partition coefficient (Wildman–Crippen LogP) is 2.56. The van der Waals surface area contributed by atoms with Crippen molar-refractivity contribution in [2.75, 3.05) is 12.4 Å². The first-order valence-electron chi connectivity index (χ1n) is 6.39. The van der Waals surface area contributed by atoms with Gasteiger partial charge in [0.15, 0.2) is 11.6 Å². The van der Waals surface area contributed by atoms with Crippen molar-refractivity contribution in [2.45, 2.75) is 18.4 Å². The Balaban J connectivity index is 2.38. The first kappa shape index (κ1) is 14.1. The zero-order chi connectivity index (χ0) is 15.1. The maximum Gasteiger partial charge on any atom is 0.343 e. The molecule has 110 valence electrons. The van der Waals surface area contributed by atoms with Gasteiger partial charge in [0.1, 0.15) is 5.56 Å². The summed E-state index contributed by atoms with van der Waals surface area (Å²) in [5.74, 6) is -2.26. The van der Waals surface area contributed by atoms with Crippen molar-refractivity contribution in [3.8, 4) is 0 Å². The average molecular weight is 311 g/mol. The first-order chi connectivity index (χ1) is 10.0. The Hall–Kier alpha value is -1.89. The third-order valence-electron chi connectivity index (χ3n) is 3.29. The number of carbonyl (C=O) groups is 1. The van der Waals surface area contributed by atoms with Crippen LogP contribution in [0.5, 0.6) is 0 Å². The molecule has 1 aromatic heterocycles. The summed E-state index contributed by atoms with van der Waals surface area (Å²) >= 11 is 1.16. The Morgan fingerprint density at radius 1 is 1.48 bits per heavy atom. The molecule has 0 saturated heterocycles. The summed E-state index contributed by atoms with van der Waals surface area (Å²) in [6.07, 6.45) is 1.36. The lowest BCUT2D eigenvalue weighted by atomic mass is 10.1. The normalized spacial score (nSPS) is 13.5. The van der Waals surface area contributed by atoms with Gasteiger partial charge >= 0.3 is 5.97 Å². The number of hydrogen-bond donors (Lipinski definition) is 0. The third kappa shape index (κ3) is 2.12. The average Bonchev–Trinajstić information content (AvgIpc) is 2.47. The largest absolute Gasteiger partial charge is 0.462 e. The third-order valence-corrected chi connectivity index (χ3v) is 4.33. The van der Waals surface area contributed by atoms with E-state index >= 15 is 0 Å². The molecule has 21 heavy (non-hydrogen) atoms. The molecular weight excluding hydrogens is 300 g/mol. The Kier molecular flexibility index (Phi) is 3.44. The van der Waals surface area contributed by atoms with Crippen LogP contribution in [0.3, 0.4) is 0 Å². The second-order valence-electron chi connectivity index (χ2n) is 4.53. The van der Waals surface area contributed by atoms with Crippen molar-refractivity contribution < 1.29 is 18.3 Å². The van der Waals surface area contributed by atoms with Gasteiger partial charge in [-0.05, 0) is 13.0 Å². The fraction of sp³-hybridized carbons (Fsp3) is 0.286. The molecule has 1 aromatic carbocycles. The highest BCUT2D eigenvalue weighted by atomic mass is 32.2. The van der Waals surface area contributed by atoms with E-state index in [1.807, 2.05) is 0 Å². The highest BCUT2D eigenvalue weighted by Crippen LogP contribution is 2.34. The van der Waals surface area contributed by atoms with E-state index in [4.69, 9.17) is 4.74 Å². The minimum absolute atomic E-state index is 0.00153. The number of pyridine rings is 1. The van der Waals surface area contributed by atoms with Crippen LogP contribution in [0.25, 0.3) is 10.9 Å². The number of benzene rings is 1. The lowest BCUT2D eigenvalue weighted by Crippen LogP contribution is -2.23. The van der Waals surface area contributed by atoms with Crippen LogP contribution in [0.2, 0.25) is 0 Å². The summed E-state index contributed by atoms with van der Waals surface area (Å²) in [6, 6.07) is 0.849. The monoisotopic (exact) mass is 311 g/mol. The molecule has 0 spiro atoms. The van der Waals surface area contributed by atoms with Gasteiger partial charge in [-0.1, -0.05) is 0 Å². The van der Waals surface area contributed by atoms with E-state index in [0.29, 0.717) is 17.8 Å². The van der Waals surface area contributed by atoms with Gasteiger partial charge in [-0.3, -0.25) is 4.79 Å². The minimum atomic E-state index is -1.09. The summed E-state index contributed by atoms with van der Waals surface area (Å²) in [5, 5.41) is 0.00153. The summed E-state index contributed by atoms with van der Waals surface area (Å²) in [7, 11) is 0. The molecule has 0 atom stereocenters. The van der Waals surface area contributed by atoms with Crippen LogP contribution < -0.4 is 5.43 Å². The van der Waals surface area contributed by atoms with E-state index in [1.54, 1.807) is 11.5 Å². The van der Waals surface area contributed by atoms with E-state index in [1.165, 1.54) is 6.20 Å². The van der Waals surface area contributed by atoms with Crippen LogP contribution >= 0.6 is 11.8 Å². The minimum Gasteiger partial charge on any atom is -0.462 e. The molecule has 0 N–H and O–H groups in total. The Bertz CT molecular complexity index is 816. The SMILES string of the molecule is CCOC(=O)c1cn2c3c(c(F)c(F)cc3c1=O)SCC2. The second kappa shape index (κ2) is 5.14. The number of halogens is 2. The maximum atomic E-state index is 13.9. The molecule has 2 heterocycles. The van der Waals surface area contributed by atoms with Gasteiger partial charge in [0.05, 0.1) is 22.4 Å². The van der Waals surface area contributed by atoms with Crippen molar-refractivity contribution in [3.63, 3.8) is 0 Å². The molecule has 1 aliphatic heterocycles. The van der Waals surface area contributed by atoms with Crippen LogP contribution in [-0.4, -0.2) is 22.9 Å². The zero-order valence-electron chi connectivity index (χ0n) is 11.1. The zero-order valence-corrected chi connectivity index (χ0v) is 11.9. The van der Waals surface area contributed by atoms with E-state index in [-0.39, 0.29) is 22.5 Å².